The zero-order valence-corrected chi connectivity index (χ0v) is 20.0. The van der Waals surface area contributed by atoms with Crippen molar-refractivity contribution in [3.63, 3.8) is 0 Å². The minimum absolute atomic E-state index is 0.0253. The van der Waals surface area contributed by atoms with Crippen molar-refractivity contribution in [1.29, 1.82) is 0 Å². The Morgan fingerprint density at radius 1 is 1.00 bits per heavy atom. The monoisotopic (exact) mass is 483 g/mol. The minimum atomic E-state index is -0.804. The van der Waals surface area contributed by atoms with Crippen LogP contribution in [0, 0.1) is 0 Å². The Hall–Kier alpha value is -4.04. The van der Waals surface area contributed by atoms with Crippen molar-refractivity contribution in [3.8, 4) is 0 Å². The average Bonchev–Trinajstić information content (AvgIpc) is 3.58. The Morgan fingerprint density at radius 3 is 2.47 bits per heavy atom. The number of carbonyl (C=O) groups excluding carboxylic acids is 2. The fourth-order valence-corrected chi connectivity index (χ4v) is 4.60. The summed E-state index contributed by atoms with van der Waals surface area (Å²) in [6.07, 6.45) is 1.68. The molecule has 4 aromatic rings. The van der Waals surface area contributed by atoms with Crippen LogP contribution in [0.3, 0.4) is 0 Å². The van der Waals surface area contributed by atoms with Gasteiger partial charge in [0.05, 0.1) is 11.6 Å². The van der Waals surface area contributed by atoms with Gasteiger partial charge in [0.2, 0.25) is 11.8 Å². The number of nitrogens with zero attached hydrogens (tertiary/aromatic N) is 4. The van der Waals surface area contributed by atoms with E-state index in [2.05, 4.69) is 15.6 Å². The highest BCUT2D eigenvalue weighted by Gasteiger charge is 2.34. The summed E-state index contributed by atoms with van der Waals surface area (Å²) in [5.74, 6) is -0.454. The van der Waals surface area contributed by atoms with E-state index in [1.165, 1.54) is 0 Å². The Morgan fingerprint density at radius 2 is 1.72 bits per heavy atom. The normalized spacial score (nSPS) is 16.1. The molecule has 184 valence electrons. The van der Waals surface area contributed by atoms with Crippen LogP contribution in [0.25, 0.3) is 11.0 Å². The molecule has 0 radical (unpaired) electrons. The molecule has 1 saturated heterocycles. The summed E-state index contributed by atoms with van der Waals surface area (Å²) in [5, 5.41) is 11.4. The first-order valence-electron chi connectivity index (χ1n) is 12.2. The number of nitrogens with one attached hydrogen (secondary N) is 1. The van der Waals surface area contributed by atoms with Gasteiger partial charge in [-0.15, -0.1) is 5.10 Å². The van der Waals surface area contributed by atoms with Crippen molar-refractivity contribution in [2.24, 2.45) is 0 Å². The van der Waals surface area contributed by atoms with Crippen molar-refractivity contribution < 1.29 is 14.3 Å². The van der Waals surface area contributed by atoms with Gasteiger partial charge >= 0.3 is 0 Å². The number of ether oxygens (including phenoxy) is 1. The van der Waals surface area contributed by atoms with Crippen LogP contribution in [0.5, 0.6) is 0 Å². The molecule has 2 amide bonds. The van der Waals surface area contributed by atoms with E-state index in [0.29, 0.717) is 19.7 Å². The van der Waals surface area contributed by atoms with Crippen LogP contribution < -0.4 is 5.32 Å². The third-order valence-electron chi connectivity index (χ3n) is 6.43. The Kier molecular flexibility index (Phi) is 7.33. The van der Waals surface area contributed by atoms with Crippen molar-refractivity contribution in [2.75, 3.05) is 13.2 Å². The van der Waals surface area contributed by atoms with Crippen LogP contribution in [0.4, 0.5) is 0 Å². The number of fused-ring (bicyclic) bond motifs is 1. The molecule has 0 saturated carbocycles. The smallest absolute Gasteiger partial charge is 0.247 e. The zero-order valence-electron chi connectivity index (χ0n) is 20.0. The van der Waals surface area contributed by atoms with Gasteiger partial charge in [0.25, 0.3) is 0 Å². The van der Waals surface area contributed by atoms with E-state index in [4.69, 9.17) is 4.74 Å². The Labute approximate surface area is 209 Å². The highest BCUT2D eigenvalue weighted by atomic mass is 16.5. The Bertz CT molecular complexity index is 1300. The molecule has 1 fully saturated rings. The van der Waals surface area contributed by atoms with Gasteiger partial charge in [0.15, 0.2) is 0 Å². The number of amides is 2. The van der Waals surface area contributed by atoms with Gasteiger partial charge in [-0.25, -0.2) is 4.68 Å². The number of rotatable bonds is 9. The number of benzene rings is 3. The molecule has 1 aromatic heterocycles. The quantitative estimate of drug-likeness (QED) is 0.394. The summed E-state index contributed by atoms with van der Waals surface area (Å²) >= 11 is 0. The summed E-state index contributed by atoms with van der Waals surface area (Å²) in [7, 11) is 0. The highest BCUT2D eigenvalue weighted by Crippen LogP contribution is 2.25. The van der Waals surface area contributed by atoms with Gasteiger partial charge in [-0.05, 0) is 36.1 Å². The standard InChI is InChI=1S/C28H29N5O3/c34-26(20-33-25-16-8-7-15-24(25)30-31-33)32(19-23-14-9-17-36-23)27(22-12-5-2-6-13-22)28(35)29-18-21-10-3-1-4-11-21/h1-8,10-13,15-16,23,27H,9,14,17-20H2,(H,29,35)/t23-,27+/m0/s1. The van der Waals surface area contributed by atoms with E-state index >= 15 is 0 Å². The predicted octanol–water partition coefficient (Wildman–Crippen LogP) is 3.50. The molecule has 8 nitrogen and oxygen atoms in total. The summed E-state index contributed by atoms with van der Waals surface area (Å²) in [6, 6.07) is 25.9. The van der Waals surface area contributed by atoms with E-state index in [-0.39, 0.29) is 24.5 Å². The van der Waals surface area contributed by atoms with Crippen LogP contribution in [-0.4, -0.2) is 51.0 Å². The molecule has 0 bridgehead atoms. The summed E-state index contributed by atoms with van der Waals surface area (Å²) < 4.78 is 7.46. The molecule has 2 atom stereocenters. The molecular weight excluding hydrogens is 454 g/mol. The summed E-state index contributed by atoms with van der Waals surface area (Å²) in [5.41, 5.74) is 3.23. The van der Waals surface area contributed by atoms with Crippen molar-refractivity contribution in [2.45, 2.75) is 38.1 Å². The highest BCUT2D eigenvalue weighted by molar-refractivity contribution is 5.89. The molecule has 3 aromatic carbocycles. The maximum atomic E-state index is 13.8. The fraction of sp³-hybridized carbons (Fsp3) is 0.286. The lowest BCUT2D eigenvalue weighted by Crippen LogP contribution is -2.47. The first kappa shape index (κ1) is 23.7. The molecule has 2 heterocycles. The summed E-state index contributed by atoms with van der Waals surface area (Å²) in [4.78, 5) is 29.1. The molecule has 0 unspecified atom stereocenters. The summed E-state index contributed by atoms with van der Waals surface area (Å²) in [6.45, 7) is 1.33. The van der Waals surface area contributed by atoms with Gasteiger partial charge < -0.3 is 15.0 Å². The van der Waals surface area contributed by atoms with E-state index in [0.717, 1.165) is 35.0 Å². The van der Waals surface area contributed by atoms with Crippen molar-refractivity contribution in [3.05, 3.63) is 96.1 Å². The van der Waals surface area contributed by atoms with Crippen molar-refractivity contribution in [1.82, 2.24) is 25.2 Å². The first-order chi connectivity index (χ1) is 17.7. The zero-order chi connectivity index (χ0) is 24.7. The van der Waals surface area contributed by atoms with Crippen molar-refractivity contribution >= 4 is 22.8 Å². The molecular formula is C28H29N5O3. The minimum Gasteiger partial charge on any atom is -0.376 e. The number of hydrogen-bond donors (Lipinski definition) is 1. The molecule has 36 heavy (non-hydrogen) atoms. The van der Waals surface area contributed by atoms with Crippen LogP contribution in [-0.2, 0) is 27.4 Å². The van der Waals surface area contributed by atoms with Gasteiger partial charge in [-0.2, -0.15) is 0 Å². The fourth-order valence-electron chi connectivity index (χ4n) is 4.60. The molecule has 5 rings (SSSR count). The van der Waals surface area contributed by atoms with Gasteiger partial charge in [-0.3, -0.25) is 9.59 Å². The number of para-hydroxylation sites is 1. The van der Waals surface area contributed by atoms with Gasteiger partial charge in [-0.1, -0.05) is 78.0 Å². The molecule has 1 aliphatic rings. The molecule has 0 aliphatic carbocycles. The lowest BCUT2D eigenvalue weighted by atomic mass is 10.0. The van der Waals surface area contributed by atoms with Gasteiger partial charge in [0.1, 0.15) is 18.1 Å². The topological polar surface area (TPSA) is 89.4 Å². The Balaban J connectivity index is 1.45. The number of carbonyl (C=O) groups is 2. The van der Waals surface area contributed by atoms with Crippen LogP contribution in [0.15, 0.2) is 84.9 Å². The first-order valence-corrected chi connectivity index (χ1v) is 12.2. The maximum Gasteiger partial charge on any atom is 0.247 e. The third kappa shape index (κ3) is 5.44. The lowest BCUT2D eigenvalue weighted by molar-refractivity contribution is -0.143. The van der Waals surface area contributed by atoms with Crippen LogP contribution in [0.1, 0.15) is 30.0 Å². The number of aromatic nitrogens is 3. The second-order valence-corrected chi connectivity index (χ2v) is 8.93. The second-order valence-electron chi connectivity index (χ2n) is 8.93. The third-order valence-corrected chi connectivity index (χ3v) is 6.43. The molecule has 8 heteroatoms. The lowest BCUT2D eigenvalue weighted by Gasteiger charge is -2.33. The maximum absolute atomic E-state index is 13.8. The SMILES string of the molecule is O=C(NCc1ccccc1)[C@@H](c1ccccc1)N(C[C@@H]1CCCO1)C(=O)Cn1nnc2ccccc21. The second kappa shape index (κ2) is 11.1. The largest absolute Gasteiger partial charge is 0.376 e. The number of hydrogen-bond acceptors (Lipinski definition) is 5. The van der Waals surface area contributed by atoms with E-state index in [1.807, 2.05) is 84.9 Å². The van der Waals surface area contributed by atoms with E-state index in [1.54, 1.807) is 9.58 Å². The van der Waals surface area contributed by atoms with E-state index in [9.17, 15) is 9.59 Å². The van der Waals surface area contributed by atoms with E-state index < -0.39 is 6.04 Å². The average molecular weight is 484 g/mol. The molecule has 0 spiro atoms. The molecule has 1 N–H and O–H groups in total. The van der Waals surface area contributed by atoms with Gasteiger partial charge in [0, 0.05) is 19.7 Å². The molecule has 1 aliphatic heterocycles. The van der Waals surface area contributed by atoms with Crippen LogP contribution >= 0.6 is 0 Å². The van der Waals surface area contributed by atoms with Crippen LogP contribution in [0.2, 0.25) is 0 Å². The predicted molar refractivity (Wildman–Crippen MR) is 136 cm³/mol.